The van der Waals surface area contributed by atoms with Gasteiger partial charge in [-0.15, -0.1) is 0 Å². The molecule has 0 radical (unpaired) electrons. The number of unbranched alkanes of at least 4 members (excludes halogenated alkanes) is 19. The molecule has 1 heterocycles. The second kappa shape index (κ2) is 40.0. The van der Waals surface area contributed by atoms with E-state index in [1.807, 2.05) is 23.5 Å². The summed E-state index contributed by atoms with van der Waals surface area (Å²) in [5.41, 5.74) is 0. The summed E-state index contributed by atoms with van der Waals surface area (Å²) < 4.78 is 10.8. The molecule has 1 saturated heterocycles. The number of rotatable bonds is 39. The number of thioether (sulfide) groups is 2. The predicted molar refractivity (Wildman–Crippen MR) is 229 cm³/mol. The van der Waals surface area contributed by atoms with Gasteiger partial charge in [0.25, 0.3) is 0 Å². The van der Waals surface area contributed by atoms with Gasteiger partial charge < -0.3 is 24.6 Å². The zero-order valence-electron chi connectivity index (χ0n) is 34.4. The first-order chi connectivity index (χ1) is 25.7. The van der Waals surface area contributed by atoms with Crippen LogP contribution in [-0.2, 0) is 14.3 Å². The molecular weight excluding hydrogens is 687 g/mol. The van der Waals surface area contributed by atoms with Crippen LogP contribution < -0.4 is 5.32 Å². The summed E-state index contributed by atoms with van der Waals surface area (Å²) in [6.07, 6.45) is 32.8. The van der Waals surface area contributed by atoms with Crippen LogP contribution in [0.5, 0.6) is 0 Å². The molecule has 52 heavy (non-hydrogen) atoms. The van der Waals surface area contributed by atoms with Crippen LogP contribution in [-0.4, -0.2) is 104 Å². The number of hydrogen-bond acceptors (Lipinski definition) is 8. The average Bonchev–Trinajstić information content (AvgIpc) is 3.15. The van der Waals surface area contributed by atoms with Crippen LogP contribution in [0, 0.1) is 0 Å². The number of amides is 1. The molecule has 0 aromatic heterocycles. The third-order valence-electron chi connectivity index (χ3n) is 10.1. The summed E-state index contributed by atoms with van der Waals surface area (Å²) in [6.45, 7) is 12.7. The van der Waals surface area contributed by atoms with E-state index in [1.165, 1.54) is 140 Å². The molecule has 1 aliphatic heterocycles. The minimum absolute atomic E-state index is 0.0316. The van der Waals surface area contributed by atoms with Crippen molar-refractivity contribution in [3.63, 3.8) is 0 Å². The number of carbonyl (C=O) groups is 2. The normalized spacial score (nSPS) is 13.8. The maximum atomic E-state index is 12.1. The van der Waals surface area contributed by atoms with E-state index in [0.717, 1.165) is 82.9 Å². The van der Waals surface area contributed by atoms with Crippen LogP contribution in [0.15, 0.2) is 0 Å². The van der Waals surface area contributed by atoms with Crippen molar-refractivity contribution in [2.45, 2.75) is 181 Å². The van der Waals surface area contributed by atoms with Gasteiger partial charge in [0.15, 0.2) is 0 Å². The number of esters is 1. The summed E-state index contributed by atoms with van der Waals surface area (Å²) in [5.74, 6) is 4.61. The number of ether oxygens (including phenoxy) is 2. The first-order valence-corrected chi connectivity index (χ1v) is 24.6. The monoisotopic (exact) mass is 772 g/mol. The zero-order chi connectivity index (χ0) is 37.4. The number of carbonyl (C=O) groups excluding carboxylic acids is 2. The Morgan fingerprint density at radius 2 is 0.885 bits per heavy atom. The molecule has 0 aromatic rings. The van der Waals surface area contributed by atoms with Gasteiger partial charge >= 0.3 is 12.1 Å². The molecule has 0 aliphatic carbocycles. The van der Waals surface area contributed by atoms with Gasteiger partial charge in [-0.3, -0.25) is 4.79 Å². The van der Waals surface area contributed by atoms with Gasteiger partial charge in [-0.1, -0.05) is 129 Å². The van der Waals surface area contributed by atoms with Crippen LogP contribution in [0.4, 0.5) is 4.79 Å². The number of alkyl carbamates (subject to hydrolysis) is 1. The molecule has 0 saturated carbocycles. The van der Waals surface area contributed by atoms with Gasteiger partial charge in [-0.05, 0) is 81.0 Å². The van der Waals surface area contributed by atoms with Gasteiger partial charge in [0, 0.05) is 39.1 Å². The maximum absolute atomic E-state index is 12.1. The summed E-state index contributed by atoms with van der Waals surface area (Å²) in [5, 5.41) is 2.92. The molecule has 7 nitrogen and oxygen atoms in total. The van der Waals surface area contributed by atoms with Crippen LogP contribution >= 0.6 is 23.5 Å². The van der Waals surface area contributed by atoms with E-state index >= 15 is 0 Å². The first kappa shape index (κ1) is 49.4. The maximum Gasteiger partial charge on any atom is 0.407 e. The summed E-state index contributed by atoms with van der Waals surface area (Å²) in [6, 6.07) is 0. The van der Waals surface area contributed by atoms with Gasteiger partial charge in [0.1, 0.15) is 0 Å². The fourth-order valence-corrected chi connectivity index (χ4v) is 8.59. The summed E-state index contributed by atoms with van der Waals surface area (Å²) >= 11 is 4.01. The lowest BCUT2D eigenvalue weighted by Gasteiger charge is -2.34. The van der Waals surface area contributed by atoms with Crippen molar-refractivity contribution >= 4 is 35.6 Å². The van der Waals surface area contributed by atoms with Crippen molar-refractivity contribution in [1.29, 1.82) is 0 Å². The Bertz CT molecular complexity index is 709. The number of nitrogens with one attached hydrogen (secondary N) is 1. The van der Waals surface area contributed by atoms with Crippen LogP contribution in [0.25, 0.3) is 0 Å². The minimum Gasteiger partial charge on any atom is -0.466 e. The van der Waals surface area contributed by atoms with E-state index in [1.54, 1.807) is 0 Å². The van der Waals surface area contributed by atoms with E-state index < -0.39 is 0 Å². The highest BCUT2D eigenvalue weighted by Crippen LogP contribution is 2.15. The molecule has 1 amide bonds. The van der Waals surface area contributed by atoms with E-state index in [2.05, 4.69) is 29.0 Å². The standard InChI is InChI=1S/C43H85N3O4S2/c1-3-5-7-9-11-13-15-17-19-23-38-51-40-26-36-49-42(47)28-21-22-30-45-32-34-46(35-33-45)31-25-29-44-43(48)50-37-27-41-52-39-24-20-18-16-14-12-10-8-6-4-2/h3-41H2,1-2H3,(H,44,48). The fraction of sp³-hybridized carbons (Fsp3) is 0.953. The van der Waals surface area contributed by atoms with E-state index in [0.29, 0.717) is 26.2 Å². The highest BCUT2D eigenvalue weighted by atomic mass is 32.2. The molecule has 1 aliphatic rings. The first-order valence-electron chi connectivity index (χ1n) is 22.3. The van der Waals surface area contributed by atoms with Crippen LogP contribution in [0.3, 0.4) is 0 Å². The summed E-state index contributed by atoms with van der Waals surface area (Å²) in [4.78, 5) is 29.1. The second-order valence-corrected chi connectivity index (χ2v) is 17.5. The van der Waals surface area contributed by atoms with Crippen molar-refractivity contribution in [1.82, 2.24) is 15.1 Å². The minimum atomic E-state index is -0.276. The Hall–Kier alpha value is -0.640. The molecule has 1 rings (SSSR count). The van der Waals surface area contributed by atoms with Crippen molar-refractivity contribution in [2.75, 3.05) is 82.0 Å². The molecule has 0 spiro atoms. The van der Waals surface area contributed by atoms with Crippen molar-refractivity contribution < 1.29 is 19.1 Å². The predicted octanol–water partition coefficient (Wildman–Crippen LogP) is 11.5. The molecular formula is C43H85N3O4S2. The number of piperazine rings is 1. The topological polar surface area (TPSA) is 71.1 Å². The molecule has 0 atom stereocenters. The largest absolute Gasteiger partial charge is 0.466 e. The van der Waals surface area contributed by atoms with Gasteiger partial charge in [-0.25, -0.2) is 4.79 Å². The Kier molecular flexibility index (Phi) is 38.0. The highest BCUT2D eigenvalue weighted by Gasteiger charge is 2.16. The van der Waals surface area contributed by atoms with Gasteiger partial charge in [-0.2, -0.15) is 23.5 Å². The number of nitrogens with zero attached hydrogens (tertiary/aromatic N) is 2. The quantitative estimate of drug-likeness (QED) is 0.0489. The highest BCUT2D eigenvalue weighted by molar-refractivity contribution is 7.99. The van der Waals surface area contributed by atoms with Crippen LogP contribution in [0.1, 0.15) is 181 Å². The Morgan fingerprint density at radius 3 is 1.37 bits per heavy atom. The second-order valence-electron chi connectivity index (χ2n) is 15.1. The van der Waals surface area contributed by atoms with Crippen LogP contribution in [0.2, 0.25) is 0 Å². The van der Waals surface area contributed by atoms with Crippen molar-refractivity contribution in [3.8, 4) is 0 Å². The smallest absolute Gasteiger partial charge is 0.407 e. The zero-order valence-corrected chi connectivity index (χ0v) is 36.1. The van der Waals surface area contributed by atoms with Gasteiger partial charge in [0.05, 0.1) is 13.2 Å². The lowest BCUT2D eigenvalue weighted by atomic mass is 10.1. The van der Waals surface area contributed by atoms with E-state index in [4.69, 9.17) is 9.47 Å². The molecule has 308 valence electrons. The molecule has 1 N–H and O–H groups in total. The lowest BCUT2D eigenvalue weighted by Crippen LogP contribution is -2.47. The Morgan fingerprint density at radius 1 is 0.481 bits per heavy atom. The molecule has 0 bridgehead atoms. The Balaban J connectivity index is 1.80. The Labute approximate surface area is 331 Å². The SMILES string of the molecule is CCCCCCCCCCCCSCCCOC(=O)CCCCN1CCN(CCCNC(=O)OCCCSCCCCCCCCCCCC)CC1. The van der Waals surface area contributed by atoms with Crippen molar-refractivity contribution in [2.24, 2.45) is 0 Å². The molecule has 0 unspecified atom stereocenters. The van der Waals surface area contributed by atoms with Crippen molar-refractivity contribution in [3.05, 3.63) is 0 Å². The average molecular weight is 772 g/mol. The fourth-order valence-electron chi connectivity index (χ4n) is 6.72. The van der Waals surface area contributed by atoms with E-state index in [9.17, 15) is 9.59 Å². The lowest BCUT2D eigenvalue weighted by molar-refractivity contribution is -0.143. The van der Waals surface area contributed by atoms with E-state index in [-0.39, 0.29) is 12.1 Å². The third kappa shape index (κ3) is 35.1. The molecule has 9 heteroatoms. The molecule has 0 aromatic carbocycles. The third-order valence-corrected chi connectivity index (χ3v) is 12.4. The summed E-state index contributed by atoms with van der Waals surface area (Å²) in [7, 11) is 0. The number of hydrogen-bond donors (Lipinski definition) is 1. The van der Waals surface area contributed by atoms with Gasteiger partial charge in [0.2, 0.25) is 0 Å². The molecule has 1 fully saturated rings.